The molecule has 0 spiro atoms. The molecule has 0 bridgehead atoms. The number of aromatic nitrogens is 2. The number of ether oxygens (including phenoxy) is 1. The Labute approximate surface area is 118 Å². The second-order valence-electron chi connectivity index (χ2n) is 4.96. The topological polar surface area (TPSA) is 70.1 Å². The van der Waals surface area contributed by atoms with E-state index in [1.54, 1.807) is 7.11 Å². The van der Waals surface area contributed by atoms with Gasteiger partial charge in [0.1, 0.15) is 18.2 Å². The third-order valence-electron chi connectivity index (χ3n) is 3.31. The largest absolute Gasteiger partial charge is 0.383 e. The number of rotatable bonds is 4. The third kappa shape index (κ3) is 2.32. The zero-order valence-corrected chi connectivity index (χ0v) is 12.2. The molecule has 20 heavy (non-hydrogen) atoms. The van der Waals surface area contributed by atoms with Crippen LogP contribution in [-0.4, -0.2) is 23.2 Å². The molecular formula is C15H19N3O2. The van der Waals surface area contributed by atoms with E-state index in [-0.39, 0.29) is 6.73 Å². The Morgan fingerprint density at radius 3 is 2.40 bits per heavy atom. The molecule has 0 saturated carbocycles. The van der Waals surface area contributed by atoms with Crippen molar-refractivity contribution in [3.8, 4) is 11.3 Å². The van der Waals surface area contributed by atoms with E-state index in [4.69, 9.17) is 10.5 Å². The summed E-state index contributed by atoms with van der Waals surface area (Å²) in [6.07, 6.45) is 0.753. The van der Waals surface area contributed by atoms with E-state index in [0.29, 0.717) is 17.1 Å². The molecule has 0 radical (unpaired) electrons. The number of anilines is 1. The van der Waals surface area contributed by atoms with Gasteiger partial charge in [0.2, 0.25) is 0 Å². The number of nitrogens with zero attached hydrogens (tertiary/aromatic N) is 2. The fourth-order valence-electron chi connectivity index (χ4n) is 2.56. The third-order valence-corrected chi connectivity index (χ3v) is 3.31. The molecule has 2 N–H and O–H groups in total. The summed E-state index contributed by atoms with van der Waals surface area (Å²) in [5, 5.41) is 4.43. The quantitative estimate of drug-likeness (QED) is 0.869. The number of carbonyl (C=O) groups is 1. The van der Waals surface area contributed by atoms with Gasteiger partial charge in [-0.25, -0.2) is 4.68 Å². The maximum atomic E-state index is 11.4. The molecule has 5 nitrogen and oxygen atoms in total. The molecule has 0 atom stereocenters. The van der Waals surface area contributed by atoms with Crippen molar-refractivity contribution >= 4 is 12.1 Å². The van der Waals surface area contributed by atoms with Crippen LogP contribution in [0, 0.1) is 20.8 Å². The van der Waals surface area contributed by atoms with Crippen molar-refractivity contribution in [2.75, 3.05) is 12.8 Å². The predicted octanol–water partition coefficient (Wildman–Crippen LogP) is 2.47. The zero-order valence-electron chi connectivity index (χ0n) is 12.2. The fourth-order valence-corrected chi connectivity index (χ4v) is 2.56. The summed E-state index contributed by atoms with van der Waals surface area (Å²) < 4.78 is 6.54. The molecular weight excluding hydrogens is 254 g/mol. The van der Waals surface area contributed by atoms with Gasteiger partial charge in [0, 0.05) is 12.7 Å². The standard InChI is InChI=1S/C15H19N3O2/c1-9-5-10(2)13(11(3)6-9)14-12(7-19)15(16)18(17-14)8-20-4/h5-7H,8,16H2,1-4H3. The summed E-state index contributed by atoms with van der Waals surface area (Å²) in [7, 11) is 1.56. The minimum atomic E-state index is 0.219. The number of nitrogens with two attached hydrogens (primary N) is 1. The van der Waals surface area contributed by atoms with Gasteiger partial charge in [-0.05, 0) is 31.9 Å². The first kappa shape index (κ1) is 14.3. The lowest BCUT2D eigenvalue weighted by molar-refractivity contribution is 0.112. The second kappa shape index (κ2) is 5.46. The van der Waals surface area contributed by atoms with Gasteiger partial charge in [-0.3, -0.25) is 4.79 Å². The summed E-state index contributed by atoms with van der Waals surface area (Å²) in [6, 6.07) is 4.14. The summed E-state index contributed by atoms with van der Waals surface area (Å²) in [4.78, 5) is 11.4. The minimum Gasteiger partial charge on any atom is -0.383 e. The molecule has 5 heteroatoms. The monoisotopic (exact) mass is 273 g/mol. The number of carbonyl (C=O) groups excluding carboxylic acids is 1. The highest BCUT2D eigenvalue weighted by atomic mass is 16.5. The Bertz CT molecular complexity index is 636. The molecule has 0 saturated heterocycles. The Balaban J connectivity index is 2.70. The van der Waals surface area contributed by atoms with Gasteiger partial charge in [0.15, 0.2) is 6.29 Å². The Kier molecular flexibility index (Phi) is 3.90. The van der Waals surface area contributed by atoms with Crippen LogP contribution in [0.15, 0.2) is 12.1 Å². The van der Waals surface area contributed by atoms with Gasteiger partial charge in [-0.15, -0.1) is 0 Å². The normalized spacial score (nSPS) is 10.8. The number of aldehydes is 1. The molecule has 0 amide bonds. The molecule has 0 fully saturated rings. The highest BCUT2D eigenvalue weighted by molar-refractivity contribution is 5.92. The lowest BCUT2D eigenvalue weighted by atomic mass is 9.95. The maximum absolute atomic E-state index is 11.4. The average molecular weight is 273 g/mol. The van der Waals surface area contributed by atoms with Gasteiger partial charge in [-0.2, -0.15) is 5.10 Å². The van der Waals surface area contributed by atoms with Crippen LogP contribution in [0.1, 0.15) is 27.0 Å². The SMILES string of the molecule is COCn1nc(-c2c(C)cc(C)cc2C)c(C=O)c1N. The van der Waals surface area contributed by atoms with E-state index in [0.717, 1.165) is 23.0 Å². The van der Waals surface area contributed by atoms with Crippen molar-refractivity contribution in [2.24, 2.45) is 0 Å². The molecule has 1 heterocycles. The first-order valence-corrected chi connectivity index (χ1v) is 6.38. The first-order valence-electron chi connectivity index (χ1n) is 6.38. The van der Waals surface area contributed by atoms with Gasteiger partial charge in [0.25, 0.3) is 0 Å². The van der Waals surface area contributed by atoms with Gasteiger partial charge < -0.3 is 10.5 Å². The van der Waals surface area contributed by atoms with E-state index in [1.807, 2.05) is 20.8 Å². The Morgan fingerprint density at radius 2 is 1.90 bits per heavy atom. The molecule has 0 unspecified atom stereocenters. The Morgan fingerprint density at radius 1 is 1.30 bits per heavy atom. The Hall–Kier alpha value is -2.14. The molecule has 1 aromatic carbocycles. The van der Waals surface area contributed by atoms with Crippen molar-refractivity contribution in [1.29, 1.82) is 0 Å². The van der Waals surface area contributed by atoms with Crippen molar-refractivity contribution < 1.29 is 9.53 Å². The van der Waals surface area contributed by atoms with Crippen molar-refractivity contribution in [3.63, 3.8) is 0 Å². The molecule has 2 aromatic rings. The van der Waals surface area contributed by atoms with Gasteiger partial charge in [-0.1, -0.05) is 17.7 Å². The zero-order chi connectivity index (χ0) is 14.9. The van der Waals surface area contributed by atoms with Crippen molar-refractivity contribution in [1.82, 2.24) is 9.78 Å². The highest BCUT2D eigenvalue weighted by Gasteiger charge is 2.19. The van der Waals surface area contributed by atoms with Gasteiger partial charge >= 0.3 is 0 Å². The van der Waals surface area contributed by atoms with Crippen molar-refractivity contribution in [2.45, 2.75) is 27.5 Å². The summed E-state index contributed by atoms with van der Waals surface area (Å²) in [5.74, 6) is 0.330. The van der Waals surface area contributed by atoms with E-state index in [1.165, 1.54) is 10.2 Å². The van der Waals surface area contributed by atoms with Crippen LogP contribution in [0.4, 0.5) is 5.82 Å². The van der Waals surface area contributed by atoms with Crippen LogP contribution in [0.2, 0.25) is 0 Å². The summed E-state index contributed by atoms with van der Waals surface area (Å²) in [5.41, 5.74) is 11.3. The summed E-state index contributed by atoms with van der Waals surface area (Å²) in [6.45, 7) is 6.28. The molecule has 0 aliphatic heterocycles. The van der Waals surface area contributed by atoms with Crippen molar-refractivity contribution in [3.05, 3.63) is 34.4 Å². The smallest absolute Gasteiger partial charge is 0.156 e. The van der Waals surface area contributed by atoms with Crippen LogP contribution in [0.25, 0.3) is 11.3 Å². The average Bonchev–Trinajstić information content (AvgIpc) is 2.65. The number of hydrogen-bond donors (Lipinski definition) is 1. The molecule has 106 valence electrons. The van der Waals surface area contributed by atoms with Crippen LogP contribution in [0.3, 0.4) is 0 Å². The molecule has 0 aliphatic carbocycles. The van der Waals surface area contributed by atoms with Crippen LogP contribution < -0.4 is 5.73 Å². The van der Waals surface area contributed by atoms with Crippen LogP contribution >= 0.6 is 0 Å². The number of methoxy groups -OCH3 is 1. The van der Waals surface area contributed by atoms with E-state index < -0.39 is 0 Å². The van der Waals surface area contributed by atoms with Crippen LogP contribution in [0.5, 0.6) is 0 Å². The maximum Gasteiger partial charge on any atom is 0.156 e. The number of hydrogen-bond acceptors (Lipinski definition) is 4. The van der Waals surface area contributed by atoms with E-state index >= 15 is 0 Å². The van der Waals surface area contributed by atoms with Gasteiger partial charge in [0.05, 0.1) is 5.56 Å². The lowest BCUT2D eigenvalue weighted by Crippen LogP contribution is -2.06. The van der Waals surface area contributed by atoms with E-state index in [9.17, 15) is 4.79 Å². The van der Waals surface area contributed by atoms with E-state index in [2.05, 4.69) is 17.2 Å². The van der Waals surface area contributed by atoms with Crippen LogP contribution in [-0.2, 0) is 11.5 Å². The number of aryl methyl sites for hydroxylation is 3. The summed E-state index contributed by atoms with van der Waals surface area (Å²) >= 11 is 0. The number of benzene rings is 1. The molecule has 2 rings (SSSR count). The first-order chi connectivity index (χ1) is 9.49. The second-order valence-corrected chi connectivity index (χ2v) is 4.96. The minimum absolute atomic E-state index is 0.219. The molecule has 0 aliphatic rings. The highest BCUT2D eigenvalue weighted by Crippen LogP contribution is 2.31. The predicted molar refractivity (Wildman–Crippen MR) is 78.7 cm³/mol. The molecule has 1 aromatic heterocycles. The number of nitrogen functional groups attached to an aromatic ring is 1. The lowest BCUT2D eigenvalue weighted by Gasteiger charge is -2.09. The fraction of sp³-hybridized carbons (Fsp3) is 0.333.